The molecule has 0 bridgehead atoms. The highest BCUT2D eigenvalue weighted by Gasteiger charge is 2.29. The average Bonchev–Trinajstić information content (AvgIpc) is 2.97. The largest absolute Gasteiger partial charge is 0.493 e. The molecule has 19 heavy (non-hydrogen) atoms. The number of carbonyl (C=O) groups excluding carboxylic acids is 1. The molecule has 0 N–H and O–H groups in total. The van der Waals surface area contributed by atoms with E-state index in [0.717, 1.165) is 29.7 Å². The lowest BCUT2D eigenvalue weighted by molar-refractivity contribution is -0.122. The van der Waals surface area contributed by atoms with Crippen molar-refractivity contribution in [2.75, 3.05) is 13.2 Å². The average molecular weight is 281 g/mol. The number of benzene rings is 1. The highest BCUT2D eigenvalue weighted by atomic mass is 35.5. The van der Waals surface area contributed by atoms with Crippen LogP contribution in [0.25, 0.3) is 0 Å². The van der Waals surface area contributed by atoms with Gasteiger partial charge in [0.15, 0.2) is 0 Å². The predicted molar refractivity (Wildman–Crippen MR) is 72.9 cm³/mol. The Bertz CT molecular complexity index is 512. The third kappa shape index (κ3) is 2.63. The number of halogens is 1. The summed E-state index contributed by atoms with van der Waals surface area (Å²) in [6, 6.07) is 3.78. The van der Waals surface area contributed by atoms with E-state index < -0.39 is 0 Å². The third-order valence-corrected chi connectivity index (χ3v) is 4.06. The Morgan fingerprint density at radius 1 is 1.47 bits per heavy atom. The van der Waals surface area contributed by atoms with E-state index in [1.54, 1.807) is 0 Å². The van der Waals surface area contributed by atoms with Gasteiger partial charge in [0.25, 0.3) is 0 Å². The lowest BCUT2D eigenvalue weighted by Crippen LogP contribution is -2.17. The Morgan fingerprint density at radius 2 is 2.32 bits per heavy atom. The van der Waals surface area contributed by atoms with E-state index in [1.807, 2.05) is 19.1 Å². The van der Waals surface area contributed by atoms with Gasteiger partial charge < -0.3 is 9.47 Å². The van der Waals surface area contributed by atoms with Crippen LogP contribution in [0.4, 0.5) is 0 Å². The molecule has 0 aliphatic carbocycles. The van der Waals surface area contributed by atoms with E-state index in [1.165, 1.54) is 0 Å². The highest BCUT2D eigenvalue weighted by molar-refractivity contribution is 6.30. The summed E-state index contributed by atoms with van der Waals surface area (Å²) < 4.78 is 11.1. The van der Waals surface area contributed by atoms with Gasteiger partial charge in [-0.2, -0.15) is 0 Å². The van der Waals surface area contributed by atoms with Gasteiger partial charge in [-0.25, -0.2) is 0 Å². The second-order valence-electron chi connectivity index (χ2n) is 5.37. The molecule has 2 aliphatic rings. The molecule has 0 aromatic heterocycles. The fourth-order valence-corrected chi connectivity index (χ4v) is 3.11. The van der Waals surface area contributed by atoms with Crippen molar-refractivity contribution in [3.63, 3.8) is 0 Å². The lowest BCUT2D eigenvalue weighted by atomic mass is 9.94. The molecule has 1 aromatic rings. The van der Waals surface area contributed by atoms with Crippen LogP contribution in [-0.4, -0.2) is 25.1 Å². The van der Waals surface area contributed by atoms with Gasteiger partial charge in [0.2, 0.25) is 0 Å². The molecule has 2 unspecified atom stereocenters. The summed E-state index contributed by atoms with van der Waals surface area (Å²) in [6.07, 6.45) is 2.28. The molecular formula is C15H17ClO3. The maximum absolute atomic E-state index is 12.3. The minimum Gasteiger partial charge on any atom is -0.493 e. The molecule has 3 rings (SSSR count). The minimum absolute atomic E-state index is 0.0195. The van der Waals surface area contributed by atoms with E-state index in [9.17, 15) is 4.79 Å². The zero-order valence-electron chi connectivity index (χ0n) is 10.9. The zero-order chi connectivity index (χ0) is 13.4. The molecule has 0 amide bonds. The number of hydrogen-bond acceptors (Lipinski definition) is 3. The molecule has 2 heterocycles. The standard InChI is InChI=1S/C15H17ClO3/c1-9-4-12(8-19-9)14(17)7-11-6-13(16)5-10-2-3-18-15(10)11/h5-6,9,12H,2-4,7-8H2,1H3. The zero-order valence-corrected chi connectivity index (χ0v) is 11.7. The van der Waals surface area contributed by atoms with Crippen molar-refractivity contribution in [3.8, 4) is 5.75 Å². The Balaban J connectivity index is 1.78. The van der Waals surface area contributed by atoms with Crippen LogP contribution in [0.2, 0.25) is 5.02 Å². The summed E-state index contributed by atoms with van der Waals surface area (Å²) in [5.74, 6) is 1.11. The molecular weight excluding hydrogens is 264 g/mol. The first-order valence-electron chi connectivity index (χ1n) is 6.72. The van der Waals surface area contributed by atoms with Crippen molar-refractivity contribution in [1.82, 2.24) is 0 Å². The predicted octanol–water partition coefficient (Wildman–Crippen LogP) is 2.81. The molecule has 2 aliphatic heterocycles. The third-order valence-electron chi connectivity index (χ3n) is 3.84. The smallest absolute Gasteiger partial charge is 0.142 e. The van der Waals surface area contributed by atoms with Crippen molar-refractivity contribution in [2.45, 2.75) is 32.3 Å². The van der Waals surface area contributed by atoms with Crippen molar-refractivity contribution >= 4 is 17.4 Å². The SMILES string of the molecule is CC1CC(C(=O)Cc2cc(Cl)cc3c2OCC3)CO1. The van der Waals surface area contributed by atoms with Crippen LogP contribution in [-0.2, 0) is 22.4 Å². The van der Waals surface area contributed by atoms with Gasteiger partial charge in [-0.3, -0.25) is 4.79 Å². The Hall–Kier alpha value is -1.06. The number of ether oxygens (including phenoxy) is 2. The Labute approximate surface area is 117 Å². The van der Waals surface area contributed by atoms with Crippen molar-refractivity contribution in [2.24, 2.45) is 5.92 Å². The topological polar surface area (TPSA) is 35.5 Å². The first-order chi connectivity index (χ1) is 9.13. The summed E-state index contributed by atoms with van der Waals surface area (Å²) in [5.41, 5.74) is 2.04. The Kier molecular flexibility index (Phi) is 3.50. The molecule has 0 radical (unpaired) electrons. The molecule has 1 aromatic carbocycles. The maximum atomic E-state index is 12.3. The quantitative estimate of drug-likeness (QED) is 0.854. The normalized spacial score (nSPS) is 25.2. The van der Waals surface area contributed by atoms with Gasteiger partial charge in [0, 0.05) is 29.3 Å². The van der Waals surface area contributed by atoms with Crippen LogP contribution >= 0.6 is 11.6 Å². The summed E-state index contributed by atoms with van der Waals surface area (Å²) in [6.45, 7) is 3.23. The number of fused-ring (bicyclic) bond motifs is 1. The molecule has 102 valence electrons. The van der Waals surface area contributed by atoms with Crippen molar-refractivity contribution < 1.29 is 14.3 Å². The minimum atomic E-state index is 0.0195. The molecule has 2 atom stereocenters. The molecule has 0 saturated carbocycles. The lowest BCUT2D eigenvalue weighted by Gasteiger charge is -2.11. The monoisotopic (exact) mass is 280 g/mol. The van der Waals surface area contributed by atoms with Crippen LogP contribution in [0.1, 0.15) is 24.5 Å². The van der Waals surface area contributed by atoms with Gasteiger partial charge >= 0.3 is 0 Å². The van der Waals surface area contributed by atoms with Gasteiger partial charge in [-0.15, -0.1) is 0 Å². The van der Waals surface area contributed by atoms with Crippen LogP contribution in [0.5, 0.6) is 5.75 Å². The van der Waals surface area contributed by atoms with E-state index >= 15 is 0 Å². The van der Waals surface area contributed by atoms with E-state index in [4.69, 9.17) is 21.1 Å². The second-order valence-corrected chi connectivity index (χ2v) is 5.81. The summed E-state index contributed by atoms with van der Waals surface area (Å²) in [5, 5.41) is 0.683. The maximum Gasteiger partial charge on any atom is 0.142 e. The van der Waals surface area contributed by atoms with Gasteiger partial charge in [-0.05, 0) is 31.0 Å². The first-order valence-corrected chi connectivity index (χ1v) is 7.09. The van der Waals surface area contributed by atoms with Crippen LogP contribution < -0.4 is 4.74 Å². The number of hydrogen-bond donors (Lipinski definition) is 0. The number of ketones is 1. The van der Waals surface area contributed by atoms with Crippen LogP contribution in [0, 0.1) is 5.92 Å². The number of carbonyl (C=O) groups is 1. The second kappa shape index (κ2) is 5.14. The van der Waals surface area contributed by atoms with Gasteiger partial charge in [0.05, 0.1) is 19.3 Å². The summed E-state index contributed by atoms with van der Waals surface area (Å²) in [7, 11) is 0. The van der Waals surface area contributed by atoms with Crippen molar-refractivity contribution in [1.29, 1.82) is 0 Å². The number of Topliss-reactive ketones (excluding diaryl/α,β-unsaturated/α-hetero) is 1. The molecule has 4 heteroatoms. The van der Waals surface area contributed by atoms with E-state index in [-0.39, 0.29) is 17.8 Å². The molecule has 1 saturated heterocycles. The summed E-state index contributed by atoms with van der Waals surface area (Å²) in [4.78, 5) is 12.3. The van der Waals surface area contributed by atoms with Crippen molar-refractivity contribution in [3.05, 3.63) is 28.3 Å². The van der Waals surface area contributed by atoms with Crippen LogP contribution in [0.3, 0.4) is 0 Å². The van der Waals surface area contributed by atoms with Gasteiger partial charge in [0.1, 0.15) is 11.5 Å². The van der Waals surface area contributed by atoms with Crippen LogP contribution in [0.15, 0.2) is 12.1 Å². The van der Waals surface area contributed by atoms with E-state index in [0.29, 0.717) is 24.7 Å². The first kappa shape index (κ1) is 12.9. The fraction of sp³-hybridized carbons (Fsp3) is 0.533. The molecule has 3 nitrogen and oxygen atoms in total. The summed E-state index contributed by atoms with van der Waals surface area (Å²) >= 11 is 6.10. The number of rotatable bonds is 3. The fourth-order valence-electron chi connectivity index (χ4n) is 2.85. The molecule has 1 fully saturated rings. The highest BCUT2D eigenvalue weighted by Crippen LogP contribution is 2.34. The Morgan fingerprint density at radius 3 is 3.05 bits per heavy atom. The van der Waals surface area contributed by atoms with Gasteiger partial charge in [-0.1, -0.05) is 11.6 Å². The molecule has 0 spiro atoms. The van der Waals surface area contributed by atoms with E-state index in [2.05, 4.69) is 0 Å².